The van der Waals surface area contributed by atoms with Crippen molar-refractivity contribution in [1.29, 1.82) is 0 Å². The van der Waals surface area contributed by atoms with Gasteiger partial charge in [0.25, 0.3) is 5.91 Å². The lowest BCUT2D eigenvalue weighted by atomic mass is 10.2. The van der Waals surface area contributed by atoms with Crippen molar-refractivity contribution in [2.45, 2.75) is 6.92 Å². The molecule has 7 heteroatoms. The second-order valence-electron chi connectivity index (χ2n) is 4.77. The topological polar surface area (TPSA) is 51.2 Å². The fourth-order valence-corrected chi connectivity index (χ4v) is 3.78. The molecule has 0 bridgehead atoms. The molecule has 0 unspecified atom stereocenters. The molecule has 0 fully saturated rings. The van der Waals surface area contributed by atoms with E-state index in [9.17, 15) is 4.79 Å². The highest BCUT2D eigenvalue weighted by atomic mass is 35.5. The van der Waals surface area contributed by atoms with Crippen molar-refractivity contribution in [3.8, 4) is 15.6 Å². The van der Waals surface area contributed by atoms with Crippen molar-refractivity contribution in [2.24, 2.45) is 0 Å². The lowest BCUT2D eigenvalue weighted by Crippen LogP contribution is -2.13. The zero-order chi connectivity index (χ0) is 16.4. The van der Waals surface area contributed by atoms with Crippen molar-refractivity contribution in [3.05, 3.63) is 51.3 Å². The third kappa shape index (κ3) is 3.39. The van der Waals surface area contributed by atoms with Crippen LogP contribution in [0.15, 0.2) is 35.0 Å². The van der Waals surface area contributed by atoms with E-state index in [0.29, 0.717) is 22.2 Å². The van der Waals surface area contributed by atoms with Crippen LogP contribution >= 0.6 is 34.3 Å². The summed E-state index contributed by atoms with van der Waals surface area (Å²) in [7, 11) is 1.54. The SMILES string of the molecule is COc1cc(Cl)c(C)cc1NC(=O)c1csc(-c2cccs2)n1. The van der Waals surface area contributed by atoms with Gasteiger partial charge in [0.1, 0.15) is 16.5 Å². The number of amides is 1. The molecule has 0 aliphatic rings. The van der Waals surface area contributed by atoms with E-state index >= 15 is 0 Å². The molecule has 0 saturated carbocycles. The van der Waals surface area contributed by atoms with Gasteiger partial charge in [-0.25, -0.2) is 4.98 Å². The molecule has 1 N–H and O–H groups in total. The van der Waals surface area contributed by atoms with Gasteiger partial charge in [-0.1, -0.05) is 17.7 Å². The molecule has 0 saturated heterocycles. The summed E-state index contributed by atoms with van der Waals surface area (Å²) < 4.78 is 5.27. The number of carbonyl (C=O) groups is 1. The van der Waals surface area contributed by atoms with Gasteiger partial charge in [-0.2, -0.15) is 0 Å². The van der Waals surface area contributed by atoms with Gasteiger partial charge in [0.05, 0.1) is 17.7 Å². The maximum absolute atomic E-state index is 12.4. The van der Waals surface area contributed by atoms with Crippen LogP contribution in [0.1, 0.15) is 16.1 Å². The number of methoxy groups -OCH3 is 1. The summed E-state index contributed by atoms with van der Waals surface area (Å²) in [6, 6.07) is 7.41. The Bertz CT molecular complexity index is 844. The van der Waals surface area contributed by atoms with E-state index < -0.39 is 0 Å². The van der Waals surface area contributed by atoms with Crippen LogP contribution in [-0.4, -0.2) is 18.0 Å². The Morgan fingerprint density at radius 1 is 1.35 bits per heavy atom. The zero-order valence-electron chi connectivity index (χ0n) is 12.4. The predicted molar refractivity (Wildman–Crippen MR) is 96.1 cm³/mol. The summed E-state index contributed by atoms with van der Waals surface area (Å²) in [5.74, 6) is 0.242. The number of hydrogen-bond donors (Lipinski definition) is 1. The number of thiazole rings is 1. The molecule has 118 valence electrons. The van der Waals surface area contributed by atoms with Crippen LogP contribution < -0.4 is 10.1 Å². The number of aromatic nitrogens is 1. The molecule has 2 aromatic heterocycles. The first-order valence-corrected chi connectivity index (χ1v) is 8.87. The highest BCUT2D eigenvalue weighted by molar-refractivity contribution is 7.20. The number of halogens is 1. The van der Waals surface area contributed by atoms with E-state index in [1.807, 2.05) is 24.4 Å². The van der Waals surface area contributed by atoms with E-state index in [1.54, 1.807) is 28.8 Å². The molecule has 4 nitrogen and oxygen atoms in total. The Morgan fingerprint density at radius 3 is 2.87 bits per heavy atom. The maximum Gasteiger partial charge on any atom is 0.275 e. The van der Waals surface area contributed by atoms with Crippen LogP contribution in [0.2, 0.25) is 5.02 Å². The van der Waals surface area contributed by atoms with Crippen molar-refractivity contribution < 1.29 is 9.53 Å². The van der Waals surface area contributed by atoms with Crippen molar-refractivity contribution in [3.63, 3.8) is 0 Å². The first-order valence-electron chi connectivity index (χ1n) is 6.73. The van der Waals surface area contributed by atoms with E-state index in [1.165, 1.54) is 18.4 Å². The van der Waals surface area contributed by atoms with Crippen molar-refractivity contribution >= 4 is 45.9 Å². The highest BCUT2D eigenvalue weighted by Gasteiger charge is 2.15. The van der Waals surface area contributed by atoms with Crippen LogP contribution in [0.5, 0.6) is 5.75 Å². The third-order valence-corrected chi connectivity index (χ3v) is 5.49. The Balaban J connectivity index is 1.84. The lowest BCUT2D eigenvalue weighted by Gasteiger charge is -2.11. The van der Waals surface area contributed by atoms with Crippen LogP contribution in [-0.2, 0) is 0 Å². The van der Waals surface area contributed by atoms with Crippen LogP contribution in [0.3, 0.4) is 0 Å². The summed E-state index contributed by atoms with van der Waals surface area (Å²) in [5, 5.41) is 7.99. The van der Waals surface area contributed by atoms with E-state index in [-0.39, 0.29) is 5.91 Å². The van der Waals surface area contributed by atoms with Gasteiger partial charge < -0.3 is 10.1 Å². The standard InChI is InChI=1S/C16H13ClN2O2S2/c1-9-6-11(13(21-2)7-10(9)17)18-15(20)12-8-23-16(19-12)14-4-3-5-22-14/h3-8H,1-2H3,(H,18,20). The molecule has 23 heavy (non-hydrogen) atoms. The number of aryl methyl sites for hydroxylation is 1. The molecule has 0 spiro atoms. The summed E-state index contributed by atoms with van der Waals surface area (Å²) in [6.45, 7) is 1.87. The highest BCUT2D eigenvalue weighted by Crippen LogP contribution is 2.32. The molecule has 0 atom stereocenters. The predicted octanol–water partition coefficient (Wildman–Crippen LogP) is 5.09. The van der Waals surface area contributed by atoms with Gasteiger partial charge in [-0.15, -0.1) is 22.7 Å². The fourth-order valence-electron chi connectivity index (χ4n) is 2.01. The average Bonchev–Trinajstić information content (AvgIpc) is 3.20. The minimum Gasteiger partial charge on any atom is -0.495 e. The molecule has 0 aliphatic heterocycles. The number of hydrogen-bond acceptors (Lipinski definition) is 5. The van der Waals surface area contributed by atoms with Crippen LogP contribution in [0, 0.1) is 6.92 Å². The quantitative estimate of drug-likeness (QED) is 0.701. The Kier molecular flexibility index (Phi) is 4.66. The average molecular weight is 365 g/mol. The summed E-state index contributed by atoms with van der Waals surface area (Å²) in [5.41, 5.74) is 1.82. The number of benzene rings is 1. The molecule has 1 aromatic carbocycles. The normalized spacial score (nSPS) is 10.6. The first-order chi connectivity index (χ1) is 11.1. The Morgan fingerprint density at radius 2 is 2.17 bits per heavy atom. The van der Waals surface area contributed by atoms with E-state index in [0.717, 1.165) is 15.4 Å². The summed E-state index contributed by atoms with van der Waals surface area (Å²) in [6.07, 6.45) is 0. The molecular weight excluding hydrogens is 352 g/mol. The van der Waals surface area contributed by atoms with Gasteiger partial charge >= 0.3 is 0 Å². The van der Waals surface area contributed by atoms with Gasteiger partial charge in [0.2, 0.25) is 0 Å². The number of anilines is 1. The minimum atomic E-state index is -0.274. The van der Waals surface area contributed by atoms with E-state index in [4.69, 9.17) is 16.3 Å². The smallest absolute Gasteiger partial charge is 0.275 e. The number of rotatable bonds is 4. The molecule has 1 amide bonds. The molecule has 0 radical (unpaired) electrons. The van der Waals surface area contributed by atoms with Gasteiger partial charge in [0.15, 0.2) is 0 Å². The summed E-state index contributed by atoms with van der Waals surface area (Å²) >= 11 is 9.12. The van der Waals surface area contributed by atoms with Crippen LogP contribution in [0.4, 0.5) is 5.69 Å². The summed E-state index contributed by atoms with van der Waals surface area (Å²) in [4.78, 5) is 17.9. The zero-order valence-corrected chi connectivity index (χ0v) is 14.8. The van der Waals surface area contributed by atoms with Gasteiger partial charge in [-0.05, 0) is 30.0 Å². The number of thiophene rings is 1. The maximum atomic E-state index is 12.4. The van der Waals surface area contributed by atoms with E-state index in [2.05, 4.69) is 10.3 Å². The fraction of sp³-hybridized carbons (Fsp3) is 0.125. The number of ether oxygens (including phenoxy) is 1. The van der Waals surface area contributed by atoms with Crippen molar-refractivity contribution in [2.75, 3.05) is 12.4 Å². The van der Waals surface area contributed by atoms with Crippen molar-refractivity contribution in [1.82, 2.24) is 4.98 Å². The largest absolute Gasteiger partial charge is 0.495 e. The van der Waals surface area contributed by atoms with Gasteiger partial charge in [0, 0.05) is 16.5 Å². The monoisotopic (exact) mass is 364 g/mol. The molecule has 3 rings (SSSR count). The number of carbonyl (C=O) groups excluding carboxylic acids is 1. The third-order valence-electron chi connectivity index (χ3n) is 3.20. The number of nitrogens with one attached hydrogen (secondary N) is 1. The first kappa shape index (κ1) is 16.0. The molecular formula is C16H13ClN2O2S2. The van der Waals surface area contributed by atoms with Crippen LogP contribution in [0.25, 0.3) is 9.88 Å². The second kappa shape index (κ2) is 6.70. The minimum absolute atomic E-state index is 0.274. The van der Waals surface area contributed by atoms with Gasteiger partial charge in [-0.3, -0.25) is 4.79 Å². The molecule has 3 aromatic rings. The Hall–Kier alpha value is -1.89. The lowest BCUT2D eigenvalue weighted by molar-refractivity contribution is 0.102. The second-order valence-corrected chi connectivity index (χ2v) is 6.98. The number of nitrogens with zero attached hydrogens (tertiary/aromatic N) is 1. The molecule has 2 heterocycles. The Labute approximate surface area is 146 Å². The molecule has 0 aliphatic carbocycles.